The summed E-state index contributed by atoms with van der Waals surface area (Å²) in [6, 6.07) is 5.80. The Bertz CT molecular complexity index is 796. The Kier molecular flexibility index (Phi) is 3.45. The van der Waals surface area contributed by atoms with E-state index in [1.165, 1.54) is 0 Å². The van der Waals surface area contributed by atoms with Crippen LogP contribution in [0, 0.1) is 5.92 Å². The second-order valence-corrected chi connectivity index (χ2v) is 6.69. The van der Waals surface area contributed by atoms with Crippen LogP contribution in [0.2, 0.25) is 0 Å². The quantitative estimate of drug-likeness (QED) is 0.776. The molecule has 0 aromatic carbocycles. The molecular formula is C15H15N5O2S. The van der Waals surface area contributed by atoms with Gasteiger partial charge in [-0.1, -0.05) is 0 Å². The second kappa shape index (κ2) is 5.62. The van der Waals surface area contributed by atoms with Gasteiger partial charge in [0.25, 0.3) is 0 Å². The number of H-pyrrole nitrogens is 1. The van der Waals surface area contributed by atoms with E-state index in [2.05, 4.69) is 20.6 Å². The molecular weight excluding hydrogens is 314 g/mol. The molecule has 1 amide bonds. The van der Waals surface area contributed by atoms with Crippen LogP contribution >= 0.6 is 11.3 Å². The Hall–Kier alpha value is -2.48. The van der Waals surface area contributed by atoms with Crippen molar-refractivity contribution in [3.63, 3.8) is 0 Å². The topological polar surface area (TPSA) is 87.9 Å². The van der Waals surface area contributed by atoms with Gasteiger partial charge in [-0.2, -0.15) is 5.21 Å². The van der Waals surface area contributed by atoms with Crippen molar-refractivity contribution in [2.24, 2.45) is 5.92 Å². The molecule has 7 nitrogen and oxygen atoms in total. The van der Waals surface area contributed by atoms with Gasteiger partial charge in [0.2, 0.25) is 11.7 Å². The van der Waals surface area contributed by atoms with Gasteiger partial charge < -0.3 is 9.32 Å². The maximum absolute atomic E-state index is 12.5. The zero-order chi connectivity index (χ0) is 15.8. The van der Waals surface area contributed by atoms with Gasteiger partial charge in [0.15, 0.2) is 0 Å². The first kappa shape index (κ1) is 14.1. The van der Waals surface area contributed by atoms with Crippen LogP contribution in [0.1, 0.15) is 23.0 Å². The van der Waals surface area contributed by atoms with Crippen LogP contribution in [-0.4, -0.2) is 38.5 Å². The van der Waals surface area contributed by atoms with E-state index >= 15 is 0 Å². The minimum Gasteiger partial charge on any atom is -0.469 e. The number of thiophene rings is 1. The highest BCUT2D eigenvalue weighted by atomic mass is 32.1. The van der Waals surface area contributed by atoms with Gasteiger partial charge in [0, 0.05) is 34.7 Å². The highest BCUT2D eigenvalue weighted by Gasteiger charge is 2.46. The third kappa shape index (κ3) is 2.77. The molecule has 1 aliphatic carbocycles. The molecule has 0 saturated heterocycles. The summed E-state index contributed by atoms with van der Waals surface area (Å²) < 4.78 is 5.39. The number of amides is 1. The molecule has 0 bridgehead atoms. The van der Waals surface area contributed by atoms with E-state index in [1.807, 2.05) is 30.6 Å². The van der Waals surface area contributed by atoms with E-state index in [9.17, 15) is 4.79 Å². The molecule has 4 rings (SSSR count). The summed E-state index contributed by atoms with van der Waals surface area (Å²) in [5.41, 5.74) is 0.916. The molecule has 3 aromatic heterocycles. The third-order valence-electron chi connectivity index (χ3n) is 4.04. The Morgan fingerprint density at radius 3 is 3.22 bits per heavy atom. The number of nitrogens with one attached hydrogen (secondary N) is 1. The zero-order valence-electron chi connectivity index (χ0n) is 12.5. The minimum absolute atomic E-state index is 0.0442. The summed E-state index contributed by atoms with van der Waals surface area (Å²) in [4.78, 5) is 15.4. The first-order chi connectivity index (χ1) is 11.2. The number of hydrogen-bond donors (Lipinski definition) is 1. The summed E-state index contributed by atoms with van der Waals surface area (Å²) >= 11 is 1.59. The van der Waals surface area contributed by atoms with E-state index in [1.54, 1.807) is 22.5 Å². The van der Waals surface area contributed by atoms with Gasteiger partial charge in [-0.15, -0.1) is 21.5 Å². The fraction of sp³-hybridized carbons (Fsp3) is 0.333. The molecule has 1 fully saturated rings. The molecule has 2 atom stereocenters. The first-order valence-electron chi connectivity index (χ1n) is 7.32. The number of hydrogen-bond acceptors (Lipinski definition) is 6. The number of nitrogens with zero attached hydrogens (tertiary/aromatic N) is 4. The molecule has 1 N–H and O–H groups in total. The predicted octanol–water partition coefficient (Wildman–Crippen LogP) is 2.28. The van der Waals surface area contributed by atoms with E-state index in [0.29, 0.717) is 12.4 Å². The number of carbonyl (C=O) groups excluding carboxylic acids is 1. The lowest BCUT2D eigenvalue weighted by Gasteiger charge is -2.16. The Balaban J connectivity index is 1.38. The smallest absolute Gasteiger partial charge is 0.226 e. The van der Waals surface area contributed by atoms with Crippen LogP contribution in [0.3, 0.4) is 0 Å². The molecule has 3 heterocycles. The van der Waals surface area contributed by atoms with Crippen molar-refractivity contribution in [2.45, 2.75) is 18.9 Å². The van der Waals surface area contributed by atoms with E-state index in [4.69, 9.17) is 4.42 Å². The average Bonchev–Trinajstić information content (AvgIpc) is 3.05. The molecule has 0 aliphatic heterocycles. The lowest BCUT2D eigenvalue weighted by Crippen LogP contribution is -2.27. The molecule has 0 radical (unpaired) electrons. The molecule has 1 aliphatic rings. The van der Waals surface area contributed by atoms with Crippen molar-refractivity contribution in [1.29, 1.82) is 0 Å². The molecule has 23 heavy (non-hydrogen) atoms. The van der Waals surface area contributed by atoms with Gasteiger partial charge in [-0.3, -0.25) is 4.79 Å². The van der Waals surface area contributed by atoms with Crippen molar-refractivity contribution in [3.8, 4) is 11.4 Å². The van der Waals surface area contributed by atoms with Gasteiger partial charge >= 0.3 is 0 Å². The van der Waals surface area contributed by atoms with Crippen LogP contribution in [0.5, 0.6) is 0 Å². The zero-order valence-corrected chi connectivity index (χ0v) is 13.3. The maximum atomic E-state index is 12.5. The Morgan fingerprint density at radius 1 is 1.57 bits per heavy atom. The van der Waals surface area contributed by atoms with E-state index in [-0.39, 0.29) is 17.7 Å². The van der Waals surface area contributed by atoms with E-state index < -0.39 is 0 Å². The summed E-state index contributed by atoms with van der Waals surface area (Å²) in [7, 11) is 1.84. The number of aromatic nitrogens is 4. The predicted molar refractivity (Wildman–Crippen MR) is 83.5 cm³/mol. The largest absolute Gasteiger partial charge is 0.469 e. The van der Waals surface area contributed by atoms with Crippen LogP contribution in [0.25, 0.3) is 11.4 Å². The number of rotatable bonds is 5. The Labute approximate surface area is 136 Å². The van der Waals surface area contributed by atoms with Gasteiger partial charge in [-0.05, 0) is 29.8 Å². The van der Waals surface area contributed by atoms with Crippen LogP contribution < -0.4 is 0 Å². The maximum Gasteiger partial charge on any atom is 0.226 e. The number of tetrazole rings is 1. The third-order valence-corrected chi connectivity index (χ3v) is 4.96. The van der Waals surface area contributed by atoms with Crippen molar-refractivity contribution >= 4 is 17.2 Å². The lowest BCUT2D eigenvalue weighted by molar-refractivity contribution is -0.131. The monoisotopic (exact) mass is 329 g/mol. The summed E-state index contributed by atoms with van der Waals surface area (Å²) in [6.45, 7) is 0.586. The van der Waals surface area contributed by atoms with Crippen LogP contribution in [-0.2, 0) is 11.3 Å². The van der Waals surface area contributed by atoms with Crippen molar-refractivity contribution in [2.75, 3.05) is 7.05 Å². The molecule has 1 saturated carbocycles. The fourth-order valence-electron chi connectivity index (χ4n) is 2.74. The summed E-state index contributed by atoms with van der Waals surface area (Å²) in [6.07, 6.45) is 2.53. The normalized spacial score (nSPS) is 19.7. The van der Waals surface area contributed by atoms with Crippen LogP contribution in [0.4, 0.5) is 0 Å². The minimum atomic E-state index is 0.0442. The number of furan rings is 1. The Morgan fingerprint density at radius 2 is 2.48 bits per heavy atom. The number of carbonyl (C=O) groups is 1. The van der Waals surface area contributed by atoms with Gasteiger partial charge in [0.1, 0.15) is 5.76 Å². The average molecular weight is 329 g/mol. The first-order valence-corrected chi connectivity index (χ1v) is 8.20. The van der Waals surface area contributed by atoms with Gasteiger partial charge in [-0.25, -0.2) is 0 Å². The van der Waals surface area contributed by atoms with Crippen LogP contribution in [0.15, 0.2) is 34.3 Å². The summed E-state index contributed by atoms with van der Waals surface area (Å²) in [5.74, 6) is 1.93. The van der Waals surface area contributed by atoms with E-state index in [0.717, 1.165) is 22.6 Å². The fourth-order valence-corrected chi connectivity index (χ4v) is 3.66. The highest BCUT2D eigenvalue weighted by Crippen LogP contribution is 2.48. The standard InChI is InChI=1S/C15H15N5O2S/c1-20(15(21)12-6-11(12)13-3-2-4-22-13)7-10-5-9(8-23-10)14-16-18-19-17-14/h2-5,8,11-12H,6-7H2,1H3,(H,16,17,18,19)/t11-,12-/m1/s1. The number of aromatic amines is 1. The molecule has 3 aromatic rings. The summed E-state index contributed by atoms with van der Waals surface area (Å²) in [5, 5.41) is 15.9. The highest BCUT2D eigenvalue weighted by molar-refractivity contribution is 7.10. The van der Waals surface area contributed by atoms with Gasteiger partial charge in [0.05, 0.1) is 12.8 Å². The van der Waals surface area contributed by atoms with Crippen molar-refractivity contribution in [3.05, 3.63) is 40.5 Å². The molecule has 118 valence electrons. The SMILES string of the molecule is CN(Cc1cc(-c2nn[nH]n2)cs1)C(=O)[C@@H]1C[C@H]1c1ccco1. The molecule has 0 unspecified atom stereocenters. The second-order valence-electron chi connectivity index (χ2n) is 5.70. The lowest BCUT2D eigenvalue weighted by atomic mass is 10.2. The van der Waals surface area contributed by atoms with Crippen molar-refractivity contribution < 1.29 is 9.21 Å². The van der Waals surface area contributed by atoms with Crippen molar-refractivity contribution in [1.82, 2.24) is 25.5 Å². The molecule has 0 spiro atoms. The molecule has 8 heteroatoms.